The Labute approximate surface area is 220 Å². The second-order valence-corrected chi connectivity index (χ2v) is 10.3. The summed E-state index contributed by atoms with van der Waals surface area (Å²) in [6.07, 6.45) is 0.940. The van der Waals surface area contributed by atoms with Crippen LogP contribution in [-0.2, 0) is 9.47 Å². The van der Waals surface area contributed by atoms with Crippen LogP contribution >= 0.6 is 11.3 Å². The minimum Gasteiger partial charge on any atom is -0.444 e. The molecule has 2 aromatic carbocycles. The molecule has 9 heteroatoms. The fourth-order valence-corrected chi connectivity index (χ4v) is 4.34. The summed E-state index contributed by atoms with van der Waals surface area (Å²) in [7, 11) is 1.66. The number of amides is 2. The van der Waals surface area contributed by atoms with E-state index >= 15 is 0 Å². The Kier molecular flexibility index (Phi) is 8.05. The van der Waals surface area contributed by atoms with Crippen LogP contribution in [0.5, 0.6) is 0 Å². The van der Waals surface area contributed by atoms with Crippen LogP contribution in [0.1, 0.15) is 31.1 Å². The van der Waals surface area contributed by atoms with E-state index in [4.69, 9.17) is 9.47 Å². The van der Waals surface area contributed by atoms with Crippen molar-refractivity contribution in [2.75, 3.05) is 36.2 Å². The van der Waals surface area contributed by atoms with Crippen molar-refractivity contribution in [1.29, 1.82) is 0 Å². The Hall–Kier alpha value is -3.95. The van der Waals surface area contributed by atoms with Gasteiger partial charge in [-0.3, -0.25) is 15.1 Å². The number of methoxy groups -OCH3 is 1. The number of rotatable bonds is 8. The number of nitrogens with zero attached hydrogens (tertiary/aromatic N) is 1. The molecule has 0 aliphatic heterocycles. The van der Waals surface area contributed by atoms with Crippen LogP contribution in [0.4, 0.5) is 21.9 Å². The average molecular weight is 519 g/mol. The van der Waals surface area contributed by atoms with Gasteiger partial charge >= 0.3 is 6.09 Å². The lowest BCUT2D eigenvalue weighted by Gasteiger charge is -2.21. The molecule has 0 spiro atoms. The van der Waals surface area contributed by atoms with Crippen molar-refractivity contribution in [3.63, 3.8) is 0 Å². The molecule has 2 heterocycles. The third kappa shape index (κ3) is 7.05. The molecule has 8 nitrogen and oxygen atoms in total. The Morgan fingerprint density at radius 1 is 1.00 bits per heavy atom. The van der Waals surface area contributed by atoms with Gasteiger partial charge < -0.3 is 20.1 Å². The quantitative estimate of drug-likeness (QED) is 0.227. The van der Waals surface area contributed by atoms with Gasteiger partial charge in [-0.05, 0) is 68.1 Å². The average Bonchev–Trinajstić information content (AvgIpc) is 3.39. The lowest BCUT2D eigenvalue weighted by atomic mass is 10.1. The molecule has 0 aliphatic rings. The van der Waals surface area contributed by atoms with Crippen LogP contribution in [0.15, 0.2) is 66.2 Å². The normalized spacial score (nSPS) is 11.2. The molecule has 0 atom stereocenters. The molecule has 0 unspecified atom stereocenters. The summed E-state index contributed by atoms with van der Waals surface area (Å²) in [5.41, 5.74) is 3.26. The van der Waals surface area contributed by atoms with Gasteiger partial charge in [-0.25, -0.2) is 4.79 Å². The molecule has 4 aromatic rings. The van der Waals surface area contributed by atoms with Gasteiger partial charge in [0.1, 0.15) is 5.60 Å². The summed E-state index contributed by atoms with van der Waals surface area (Å²) in [4.78, 5) is 31.2. The molecular weight excluding hydrogens is 488 g/mol. The summed E-state index contributed by atoms with van der Waals surface area (Å²) >= 11 is 1.59. The predicted molar refractivity (Wildman–Crippen MR) is 150 cm³/mol. The number of anilines is 3. The Balaban J connectivity index is 1.58. The molecule has 0 radical (unpaired) electrons. The lowest BCUT2D eigenvalue weighted by molar-refractivity contribution is 0.0635. The van der Waals surface area contributed by atoms with Crippen LogP contribution in [0.3, 0.4) is 0 Å². The number of thiophene rings is 1. The minimum absolute atomic E-state index is 0.340. The van der Waals surface area contributed by atoms with Crippen LogP contribution in [0.2, 0.25) is 0 Å². The summed E-state index contributed by atoms with van der Waals surface area (Å²) in [6, 6.07) is 17.0. The highest BCUT2D eigenvalue weighted by molar-refractivity contribution is 7.13. The number of carbonyl (C=O) groups is 2. The third-order valence-electron chi connectivity index (χ3n) is 5.29. The van der Waals surface area contributed by atoms with Crippen LogP contribution in [-0.4, -0.2) is 42.8 Å². The number of hydrogen-bond acceptors (Lipinski definition) is 7. The monoisotopic (exact) mass is 518 g/mol. The van der Waals surface area contributed by atoms with Crippen LogP contribution < -0.4 is 16.0 Å². The first-order chi connectivity index (χ1) is 17.7. The standard InChI is InChI=1S/C28H30N4O4S/c1-28(2,3)36-27(34)32-22-10-8-19(25-6-5-13-37-25)15-24(22)31-26(33)20-14-18-7-9-21(29-11-12-35-4)16-23(18)30-17-20/h5-10,13-17,29H,11-12H2,1-4H3,(H,31,33)(H,32,34). The number of ether oxygens (including phenoxy) is 2. The van der Waals surface area contributed by atoms with Gasteiger partial charge in [0.2, 0.25) is 0 Å². The van der Waals surface area contributed by atoms with Crippen LogP contribution in [0.25, 0.3) is 21.3 Å². The highest BCUT2D eigenvalue weighted by atomic mass is 32.1. The van der Waals surface area contributed by atoms with E-state index in [9.17, 15) is 9.59 Å². The Morgan fingerprint density at radius 3 is 2.57 bits per heavy atom. The molecule has 37 heavy (non-hydrogen) atoms. The van der Waals surface area contributed by atoms with Gasteiger partial charge in [-0.1, -0.05) is 18.2 Å². The van der Waals surface area contributed by atoms with E-state index in [-0.39, 0.29) is 5.91 Å². The van der Waals surface area contributed by atoms with Gasteiger partial charge in [0.15, 0.2) is 0 Å². The zero-order valence-electron chi connectivity index (χ0n) is 21.3. The second-order valence-electron chi connectivity index (χ2n) is 9.37. The number of carbonyl (C=O) groups excluding carboxylic acids is 2. The molecule has 3 N–H and O–H groups in total. The zero-order valence-corrected chi connectivity index (χ0v) is 22.1. The molecule has 192 valence electrons. The fraction of sp³-hybridized carbons (Fsp3) is 0.250. The maximum Gasteiger partial charge on any atom is 0.412 e. The molecular formula is C28H30N4O4S. The van der Waals surface area contributed by atoms with Gasteiger partial charge in [0.25, 0.3) is 5.91 Å². The number of benzene rings is 2. The van der Waals surface area contributed by atoms with Crippen molar-refractivity contribution in [2.45, 2.75) is 26.4 Å². The number of pyridine rings is 1. The van der Waals surface area contributed by atoms with Gasteiger partial charge in [0.05, 0.1) is 29.1 Å². The van der Waals surface area contributed by atoms with Gasteiger partial charge in [0, 0.05) is 35.8 Å². The number of fused-ring (bicyclic) bond motifs is 1. The number of hydrogen-bond donors (Lipinski definition) is 3. The number of nitrogens with one attached hydrogen (secondary N) is 3. The van der Waals surface area contributed by atoms with E-state index in [2.05, 4.69) is 20.9 Å². The highest BCUT2D eigenvalue weighted by Crippen LogP contribution is 2.32. The van der Waals surface area contributed by atoms with Crippen molar-refractivity contribution in [2.24, 2.45) is 0 Å². The SMILES string of the molecule is COCCNc1ccc2cc(C(=O)Nc3cc(-c4cccs4)ccc3NC(=O)OC(C)(C)C)cnc2c1. The molecule has 4 rings (SSSR count). The highest BCUT2D eigenvalue weighted by Gasteiger charge is 2.19. The van der Waals surface area contributed by atoms with Crippen molar-refractivity contribution in [3.8, 4) is 10.4 Å². The molecule has 2 amide bonds. The molecule has 2 aromatic heterocycles. The number of aromatic nitrogens is 1. The first kappa shape index (κ1) is 26.1. The summed E-state index contributed by atoms with van der Waals surface area (Å²) in [5.74, 6) is -0.340. The third-order valence-corrected chi connectivity index (χ3v) is 6.21. The van der Waals surface area contributed by atoms with E-state index in [0.717, 1.165) is 27.0 Å². The van der Waals surface area contributed by atoms with E-state index in [1.165, 1.54) is 0 Å². The Morgan fingerprint density at radius 2 is 1.84 bits per heavy atom. The molecule has 0 saturated carbocycles. The Bertz CT molecular complexity index is 1400. The van der Waals surface area contributed by atoms with Crippen molar-refractivity contribution < 1.29 is 19.1 Å². The van der Waals surface area contributed by atoms with Crippen molar-refractivity contribution >= 4 is 51.3 Å². The largest absolute Gasteiger partial charge is 0.444 e. The first-order valence-corrected chi connectivity index (χ1v) is 12.7. The molecule has 0 bridgehead atoms. The van der Waals surface area contributed by atoms with Crippen molar-refractivity contribution in [1.82, 2.24) is 4.98 Å². The summed E-state index contributed by atoms with van der Waals surface area (Å²) in [6.45, 7) is 6.66. The zero-order chi connectivity index (χ0) is 26.4. The van der Waals surface area contributed by atoms with Gasteiger partial charge in [-0.2, -0.15) is 0 Å². The topological polar surface area (TPSA) is 102 Å². The molecule has 0 saturated heterocycles. The first-order valence-electron chi connectivity index (χ1n) is 11.8. The predicted octanol–water partition coefficient (Wildman–Crippen LogP) is 6.62. The van der Waals surface area contributed by atoms with E-state index < -0.39 is 11.7 Å². The lowest BCUT2D eigenvalue weighted by Crippen LogP contribution is -2.27. The van der Waals surface area contributed by atoms with Gasteiger partial charge in [-0.15, -0.1) is 11.3 Å². The molecule has 0 fully saturated rings. The van der Waals surface area contributed by atoms with Crippen LogP contribution in [0, 0.1) is 0 Å². The smallest absolute Gasteiger partial charge is 0.412 e. The minimum atomic E-state index is -0.652. The van der Waals surface area contributed by atoms with Crippen molar-refractivity contribution in [3.05, 3.63) is 71.7 Å². The van der Waals surface area contributed by atoms with E-state index in [1.807, 2.05) is 47.8 Å². The summed E-state index contributed by atoms with van der Waals surface area (Å²) < 4.78 is 10.5. The van der Waals surface area contributed by atoms with E-state index in [1.54, 1.807) is 57.5 Å². The molecule has 0 aliphatic carbocycles. The maximum absolute atomic E-state index is 13.2. The summed E-state index contributed by atoms with van der Waals surface area (Å²) in [5, 5.41) is 11.8. The van der Waals surface area contributed by atoms with E-state index in [0.29, 0.717) is 30.1 Å². The fourth-order valence-electron chi connectivity index (χ4n) is 3.61. The maximum atomic E-state index is 13.2. The second kappa shape index (κ2) is 11.4.